The van der Waals surface area contributed by atoms with Crippen LogP contribution in [0.2, 0.25) is 0 Å². The van der Waals surface area contributed by atoms with Crippen LogP contribution in [0.5, 0.6) is 11.5 Å². The van der Waals surface area contributed by atoms with E-state index in [1.165, 1.54) is 9.80 Å². The Bertz CT molecular complexity index is 883. The van der Waals surface area contributed by atoms with Crippen molar-refractivity contribution in [1.82, 2.24) is 9.80 Å². The molecule has 6 nitrogen and oxygen atoms in total. The first kappa shape index (κ1) is 18.6. The molecule has 1 aromatic carbocycles. The van der Waals surface area contributed by atoms with Gasteiger partial charge in [-0.1, -0.05) is 12.2 Å². The zero-order chi connectivity index (χ0) is 19.6. The molecule has 1 saturated heterocycles. The summed E-state index contributed by atoms with van der Waals surface area (Å²) in [4.78, 5) is 28.5. The van der Waals surface area contributed by atoms with Gasteiger partial charge in [0.15, 0.2) is 5.11 Å². The minimum atomic E-state index is -0.517. The number of carbonyl (C=O) groups is 2. The van der Waals surface area contributed by atoms with E-state index in [1.807, 2.05) is 6.07 Å². The van der Waals surface area contributed by atoms with Gasteiger partial charge in [-0.3, -0.25) is 19.4 Å². The third-order valence-electron chi connectivity index (χ3n) is 4.10. The Labute approximate surface area is 162 Å². The highest BCUT2D eigenvalue weighted by Crippen LogP contribution is 2.33. The molecule has 0 aromatic heterocycles. The van der Waals surface area contributed by atoms with E-state index in [4.69, 9.17) is 21.7 Å². The molecule has 2 amide bonds. The van der Waals surface area contributed by atoms with Crippen LogP contribution in [0.1, 0.15) is 5.56 Å². The molecule has 138 valence electrons. The number of nitrogens with zero attached hydrogens (tertiary/aromatic N) is 2. The summed E-state index contributed by atoms with van der Waals surface area (Å²) in [6, 6.07) is 5.34. The molecule has 2 heterocycles. The van der Waals surface area contributed by atoms with Crippen LogP contribution in [0, 0.1) is 0 Å². The predicted molar refractivity (Wildman–Crippen MR) is 106 cm³/mol. The minimum Gasteiger partial charge on any atom is -0.497 e. The molecule has 0 N–H and O–H groups in total. The Kier molecular flexibility index (Phi) is 5.23. The number of fused-ring (bicyclic) bond motifs is 1. The number of thiocarbonyl (C=S) groups is 1. The molecule has 2 aliphatic heterocycles. The summed E-state index contributed by atoms with van der Waals surface area (Å²) in [5, 5.41) is 0.121. The number of allylic oxidation sites excluding steroid dienone is 1. The highest BCUT2D eigenvalue weighted by Gasteiger charge is 2.41. The molecule has 1 aromatic rings. The summed E-state index contributed by atoms with van der Waals surface area (Å²) < 4.78 is 11.1. The Morgan fingerprint density at radius 2 is 1.74 bits per heavy atom. The zero-order valence-electron chi connectivity index (χ0n) is 14.8. The lowest BCUT2D eigenvalue weighted by Gasteiger charge is -2.36. The maximum Gasteiger partial charge on any atom is 0.269 e. The number of amides is 2. The molecule has 3 rings (SSSR count). The molecule has 27 heavy (non-hydrogen) atoms. The lowest BCUT2D eigenvalue weighted by atomic mass is 10.1. The zero-order valence-corrected chi connectivity index (χ0v) is 15.6. The van der Waals surface area contributed by atoms with Crippen molar-refractivity contribution < 1.29 is 19.1 Å². The summed E-state index contributed by atoms with van der Waals surface area (Å²) in [5.74, 6) is 0.236. The van der Waals surface area contributed by atoms with Gasteiger partial charge in [0.25, 0.3) is 11.8 Å². The van der Waals surface area contributed by atoms with Crippen molar-refractivity contribution in [3.63, 3.8) is 0 Å². The minimum absolute atomic E-state index is 0.0861. The number of rotatable bonds is 5. The van der Waals surface area contributed by atoms with Gasteiger partial charge in [0.1, 0.15) is 22.8 Å². The number of benzene rings is 1. The van der Waals surface area contributed by atoms with Crippen LogP contribution in [0.3, 0.4) is 0 Å². The molecule has 0 radical (unpaired) electrons. The van der Waals surface area contributed by atoms with E-state index < -0.39 is 11.8 Å². The molecular weight excluding hydrogens is 364 g/mol. The standard InChI is InChI=1S/C20H18N2O4S/c1-4-10-21-18(23)17(19(24)22(11-5-2)20(21)27)15-9-7-13-6-8-14(25-3)12-16(13)26-15/h4-9,12H,1-2,10-11H2,3H3. The van der Waals surface area contributed by atoms with Crippen molar-refractivity contribution >= 4 is 35.2 Å². The largest absolute Gasteiger partial charge is 0.497 e. The Morgan fingerprint density at radius 3 is 2.30 bits per heavy atom. The second-order valence-electron chi connectivity index (χ2n) is 5.77. The fourth-order valence-electron chi connectivity index (χ4n) is 2.79. The van der Waals surface area contributed by atoms with Gasteiger partial charge in [0.05, 0.1) is 7.11 Å². The van der Waals surface area contributed by atoms with Crippen LogP contribution < -0.4 is 9.47 Å². The predicted octanol–water partition coefficient (Wildman–Crippen LogP) is 2.68. The van der Waals surface area contributed by atoms with Crippen molar-refractivity contribution in [3.05, 3.63) is 66.5 Å². The highest BCUT2D eigenvalue weighted by molar-refractivity contribution is 7.80. The monoisotopic (exact) mass is 382 g/mol. The summed E-state index contributed by atoms with van der Waals surface area (Å²) in [5.41, 5.74) is 0.731. The first-order chi connectivity index (χ1) is 13.0. The lowest BCUT2D eigenvalue weighted by Crippen LogP contribution is -2.56. The van der Waals surface area contributed by atoms with Gasteiger partial charge in [-0.2, -0.15) is 0 Å². The molecule has 0 bridgehead atoms. The van der Waals surface area contributed by atoms with E-state index in [1.54, 1.807) is 43.5 Å². The summed E-state index contributed by atoms with van der Waals surface area (Å²) in [6.45, 7) is 7.66. The molecule has 7 heteroatoms. The number of carbonyl (C=O) groups excluding carboxylic acids is 2. The van der Waals surface area contributed by atoms with Gasteiger partial charge in [0, 0.05) is 24.7 Å². The second-order valence-corrected chi connectivity index (χ2v) is 6.13. The fourth-order valence-corrected chi connectivity index (χ4v) is 3.11. The van der Waals surface area contributed by atoms with Crippen LogP contribution in [0.25, 0.3) is 6.08 Å². The van der Waals surface area contributed by atoms with Gasteiger partial charge >= 0.3 is 0 Å². The summed E-state index contributed by atoms with van der Waals surface area (Å²) in [7, 11) is 1.55. The van der Waals surface area contributed by atoms with Gasteiger partial charge in [-0.15, -0.1) is 13.2 Å². The van der Waals surface area contributed by atoms with E-state index >= 15 is 0 Å². The van der Waals surface area contributed by atoms with Crippen molar-refractivity contribution in [3.8, 4) is 11.5 Å². The summed E-state index contributed by atoms with van der Waals surface area (Å²) in [6.07, 6.45) is 6.48. The van der Waals surface area contributed by atoms with Crippen LogP contribution in [-0.4, -0.2) is 46.9 Å². The lowest BCUT2D eigenvalue weighted by molar-refractivity contribution is -0.133. The van der Waals surface area contributed by atoms with E-state index in [-0.39, 0.29) is 29.5 Å². The van der Waals surface area contributed by atoms with E-state index in [9.17, 15) is 9.59 Å². The second kappa shape index (κ2) is 7.59. The maximum absolute atomic E-state index is 12.9. The average molecular weight is 382 g/mol. The summed E-state index contributed by atoms with van der Waals surface area (Å²) >= 11 is 5.30. The number of ether oxygens (including phenoxy) is 2. The van der Waals surface area contributed by atoms with Gasteiger partial charge in [-0.05, 0) is 36.5 Å². The van der Waals surface area contributed by atoms with E-state index in [2.05, 4.69) is 13.2 Å². The first-order valence-electron chi connectivity index (χ1n) is 8.19. The molecule has 0 unspecified atom stereocenters. The van der Waals surface area contributed by atoms with E-state index in [0.29, 0.717) is 11.5 Å². The van der Waals surface area contributed by atoms with Crippen molar-refractivity contribution in [2.75, 3.05) is 20.2 Å². The van der Waals surface area contributed by atoms with Crippen molar-refractivity contribution in [2.24, 2.45) is 0 Å². The van der Waals surface area contributed by atoms with Crippen molar-refractivity contribution in [1.29, 1.82) is 0 Å². The van der Waals surface area contributed by atoms with Gasteiger partial charge < -0.3 is 9.47 Å². The van der Waals surface area contributed by atoms with Crippen LogP contribution in [-0.2, 0) is 9.59 Å². The third-order valence-corrected chi connectivity index (χ3v) is 4.55. The quantitative estimate of drug-likeness (QED) is 0.339. The molecular formula is C20H18N2O4S. The highest BCUT2D eigenvalue weighted by atomic mass is 32.1. The van der Waals surface area contributed by atoms with Crippen LogP contribution >= 0.6 is 12.2 Å². The molecule has 1 fully saturated rings. The third kappa shape index (κ3) is 3.29. The first-order valence-corrected chi connectivity index (χ1v) is 8.60. The Balaban J connectivity index is 2.08. The van der Waals surface area contributed by atoms with E-state index in [0.717, 1.165) is 5.56 Å². The number of hydrogen-bond donors (Lipinski definition) is 0. The molecule has 0 aliphatic carbocycles. The number of hydrogen-bond acceptors (Lipinski definition) is 5. The van der Waals surface area contributed by atoms with Crippen LogP contribution in [0.4, 0.5) is 0 Å². The van der Waals surface area contributed by atoms with Crippen LogP contribution in [0.15, 0.2) is 60.9 Å². The molecule has 0 saturated carbocycles. The molecule has 0 spiro atoms. The average Bonchev–Trinajstić information content (AvgIpc) is 2.68. The number of methoxy groups -OCH3 is 1. The van der Waals surface area contributed by atoms with Crippen molar-refractivity contribution in [2.45, 2.75) is 0 Å². The Morgan fingerprint density at radius 1 is 1.11 bits per heavy atom. The topological polar surface area (TPSA) is 59.1 Å². The SMILES string of the molecule is C=CCN1C(=O)C(=C2C=Cc3ccc(OC)cc3O2)C(=O)N(CC=C)C1=S. The smallest absolute Gasteiger partial charge is 0.269 e. The molecule has 0 atom stereocenters. The van der Waals surface area contributed by atoms with Gasteiger partial charge in [0.2, 0.25) is 0 Å². The normalized spacial score (nSPS) is 16.3. The maximum atomic E-state index is 12.9. The molecule has 2 aliphatic rings. The van der Waals surface area contributed by atoms with Gasteiger partial charge in [-0.25, -0.2) is 0 Å². The fraction of sp³-hybridized carbons (Fsp3) is 0.150. The Hall–Kier alpha value is -3.19.